The van der Waals surface area contributed by atoms with E-state index >= 15 is 0 Å². The maximum atomic E-state index is 6.11. The molecule has 1 aromatic rings. The maximum Gasteiger partial charge on any atom is 0.169 e. The van der Waals surface area contributed by atoms with Crippen molar-refractivity contribution in [3.63, 3.8) is 0 Å². The first kappa shape index (κ1) is 10.2. The first-order valence-electron chi connectivity index (χ1n) is 4.81. The minimum Gasteiger partial charge on any atom is -0.453 e. The number of hydrogen-bond acceptors (Lipinski definition) is 3. The molecule has 4 heteroatoms. The van der Waals surface area contributed by atoms with Gasteiger partial charge in [0.05, 0.1) is 12.1 Å². The second-order valence-electron chi connectivity index (χ2n) is 3.70. The Morgan fingerprint density at radius 2 is 2.36 bits per heavy atom. The van der Waals surface area contributed by atoms with E-state index in [1.54, 1.807) is 0 Å². The molecule has 2 N–H and O–H groups in total. The molecular formula is C10H14BrNO2. The summed E-state index contributed by atoms with van der Waals surface area (Å²) >= 11 is 3.27. The van der Waals surface area contributed by atoms with Crippen LogP contribution in [0.25, 0.3) is 0 Å². The van der Waals surface area contributed by atoms with Crippen LogP contribution in [0.15, 0.2) is 21.2 Å². The molecule has 1 aliphatic heterocycles. The van der Waals surface area contributed by atoms with Crippen molar-refractivity contribution in [1.82, 2.24) is 0 Å². The third-order valence-corrected chi connectivity index (χ3v) is 3.24. The molecule has 1 fully saturated rings. The molecule has 78 valence electrons. The van der Waals surface area contributed by atoms with E-state index in [-0.39, 0.29) is 12.1 Å². The monoisotopic (exact) mass is 259 g/mol. The molecule has 1 aliphatic rings. The lowest BCUT2D eigenvalue weighted by atomic mass is 9.92. The van der Waals surface area contributed by atoms with Gasteiger partial charge in [-0.05, 0) is 41.4 Å². The molecule has 3 nitrogen and oxygen atoms in total. The Kier molecular flexibility index (Phi) is 2.95. The minimum atomic E-state index is -0.0567. The predicted octanol–water partition coefficient (Wildman–Crippen LogP) is 2.47. The van der Waals surface area contributed by atoms with Crippen LogP contribution in [0, 0.1) is 5.92 Å². The van der Waals surface area contributed by atoms with E-state index in [1.807, 2.05) is 12.1 Å². The van der Waals surface area contributed by atoms with Gasteiger partial charge in [-0.2, -0.15) is 0 Å². The van der Waals surface area contributed by atoms with Crippen molar-refractivity contribution in [2.75, 3.05) is 6.61 Å². The molecule has 0 amide bonds. The normalized spacial score (nSPS) is 29.4. The van der Waals surface area contributed by atoms with Crippen LogP contribution in [0.1, 0.15) is 25.1 Å². The summed E-state index contributed by atoms with van der Waals surface area (Å²) in [5.41, 5.74) is 6.11. The highest BCUT2D eigenvalue weighted by molar-refractivity contribution is 9.10. The van der Waals surface area contributed by atoms with E-state index in [9.17, 15) is 0 Å². The second-order valence-corrected chi connectivity index (χ2v) is 4.48. The average molecular weight is 260 g/mol. The van der Waals surface area contributed by atoms with E-state index in [0.717, 1.165) is 23.5 Å². The Bertz CT molecular complexity index is 313. The topological polar surface area (TPSA) is 48.4 Å². The van der Waals surface area contributed by atoms with Crippen molar-refractivity contribution >= 4 is 15.9 Å². The first-order valence-corrected chi connectivity index (χ1v) is 5.60. The Morgan fingerprint density at radius 3 is 2.86 bits per heavy atom. The van der Waals surface area contributed by atoms with Gasteiger partial charge in [0.15, 0.2) is 4.67 Å². The number of halogens is 1. The molecule has 3 atom stereocenters. The molecule has 2 heterocycles. The molecule has 0 spiro atoms. The summed E-state index contributed by atoms with van der Waals surface area (Å²) in [4.78, 5) is 0. The highest BCUT2D eigenvalue weighted by Crippen LogP contribution is 2.32. The van der Waals surface area contributed by atoms with E-state index in [1.165, 1.54) is 0 Å². The zero-order valence-corrected chi connectivity index (χ0v) is 9.66. The number of nitrogens with two attached hydrogens (primary N) is 1. The molecule has 3 unspecified atom stereocenters. The Hall–Kier alpha value is -0.320. The van der Waals surface area contributed by atoms with E-state index < -0.39 is 0 Å². The van der Waals surface area contributed by atoms with Crippen LogP contribution in [0.2, 0.25) is 0 Å². The van der Waals surface area contributed by atoms with Crippen molar-refractivity contribution in [3.8, 4) is 0 Å². The van der Waals surface area contributed by atoms with Crippen molar-refractivity contribution < 1.29 is 9.15 Å². The van der Waals surface area contributed by atoms with Crippen LogP contribution in [-0.2, 0) is 4.74 Å². The Morgan fingerprint density at radius 1 is 1.57 bits per heavy atom. The molecule has 14 heavy (non-hydrogen) atoms. The van der Waals surface area contributed by atoms with Crippen LogP contribution in [0.4, 0.5) is 0 Å². The number of rotatable bonds is 2. The zero-order chi connectivity index (χ0) is 10.1. The first-order chi connectivity index (χ1) is 6.68. The van der Waals surface area contributed by atoms with Crippen LogP contribution in [-0.4, -0.2) is 12.7 Å². The van der Waals surface area contributed by atoms with Crippen molar-refractivity contribution in [3.05, 3.63) is 22.6 Å². The highest BCUT2D eigenvalue weighted by atomic mass is 79.9. The van der Waals surface area contributed by atoms with Crippen LogP contribution >= 0.6 is 15.9 Å². The van der Waals surface area contributed by atoms with Crippen molar-refractivity contribution in [2.45, 2.75) is 25.5 Å². The number of furan rings is 1. The predicted molar refractivity (Wildman–Crippen MR) is 56.9 cm³/mol. The molecule has 1 aromatic heterocycles. The van der Waals surface area contributed by atoms with Gasteiger partial charge in [-0.15, -0.1) is 0 Å². The van der Waals surface area contributed by atoms with Crippen molar-refractivity contribution in [2.24, 2.45) is 11.7 Å². The zero-order valence-electron chi connectivity index (χ0n) is 8.07. The fraction of sp³-hybridized carbons (Fsp3) is 0.600. The van der Waals surface area contributed by atoms with Crippen LogP contribution in [0.3, 0.4) is 0 Å². The van der Waals surface area contributed by atoms with Crippen LogP contribution < -0.4 is 5.73 Å². The van der Waals surface area contributed by atoms with Gasteiger partial charge in [-0.25, -0.2) is 0 Å². The maximum absolute atomic E-state index is 6.11. The number of ether oxygens (including phenoxy) is 1. The largest absolute Gasteiger partial charge is 0.453 e. The third kappa shape index (κ3) is 1.87. The summed E-state index contributed by atoms with van der Waals surface area (Å²) in [6, 6.07) is 3.73. The smallest absolute Gasteiger partial charge is 0.169 e. The van der Waals surface area contributed by atoms with Gasteiger partial charge in [0, 0.05) is 12.5 Å². The summed E-state index contributed by atoms with van der Waals surface area (Å²) in [5, 5.41) is 0. The molecule has 0 aromatic carbocycles. The van der Waals surface area contributed by atoms with Crippen LogP contribution in [0.5, 0.6) is 0 Å². The van der Waals surface area contributed by atoms with Gasteiger partial charge in [0.2, 0.25) is 0 Å². The fourth-order valence-corrected chi connectivity index (χ4v) is 2.26. The summed E-state index contributed by atoms with van der Waals surface area (Å²) < 4.78 is 11.7. The van der Waals surface area contributed by atoms with Gasteiger partial charge >= 0.3 is 0 Å². The molecule has 1 saturated heterocycles. The Labute approximate surface area is 91.7 Å². The molecule has 0 radical (unpaired) electrons. The van der Waals surface area contributed by atoms with Crippen molar-refractivity contribution in [1.29, 1.82) is 0 Å². The van der Waals surface area contributed by atoms with Gasteiger partial charge < -0.3 is 14.9 Å². The fourth-order valence-electron chi connectivity index (χ4n) is 1.94. The lowest BCUT2D eigenvalue weighted by Crippen LogP contribution is -2.26. The highest BCUT2D eigenvalue weighted by Gasteiger charge is 2.32. The molecule has 0 aliphatic carbocycles. The van der Waals surface area contributed by atoms with E-state index in [4.69, 9.17) is 14.9 Å². The SMILES string of the molecule is CC1OCCC1C(N)c1ccc(Br)o1. The molecule has 0 bridgehead atoms. The Balaban J connectivity index is 2.11. The standard InChI is InChI=1S/C10H14BrNO2/c1-6-7(4-5-13-6)10(12)8-2-3-9(11)14-8/h2-3,6-7,10H,4-5,12H2,1H3. The average Bonchev–Trinajstić information content (AvgIpc) is 2.73. The van der Waals surface area contributed by atoms with Gasteiger partial charge in [-0.3, -0.25) is 0 Å². The summed E-state index contributed by atoms with van der Waals surface area (Å²) in [7, 11) is 0. The van der Waals surface area contributed by atoms with E-state index in [2.05, 4.69) is 22.9 Å². The lowest BCUT2D eigenvalue weighted by molar-refractivity contribution is 0.0972. The quantitative estimate of drug-likeness (QED) is 0.888. The second kappa shape index (κ2) is 4.04. The summed E-state index contributed by atoms with van der Waals surface area (Å²) in [6.45, 7) is 2.87. The summed E-state index contributed by atoms with van der Waals surface area (Å²) in [6.07, 6.45) is 1.24. The van der Waals surface area contributed by atoms with E-state index in [0.29, 0.717) is 5.92 Å². The molecule has 0 saturated carbocycles. The summed E-state index contributed by atoms with van der Waals surface area (Å²) in [5.74, 6) is 1.20. The van der Waals surface area contributed by atoms with Gasteiger partial charge in [0.25, 0.3) is 0 Å². The molecule has 2 rings (SSSR count). The van der Waals surface area contributed by atoms with Gasteiger partial charge in [0.1, 0.15) is 5.76 Å². The number of hydrogen-bond donors (Lipinski definition) is 1. The molecular weight excluding hydrogens is 246 g/mol. The third-order valence-electron chi connectivity index (χ3n) is 2.82. The minimum absolute atomic E-state index is 0.0567. The van der Waals surface area contributed by atoms with Gasteiger partial charge in [-0.1, -0.05) is 0 Å². The lowest BCUT2D eigenvalue weighted by Gasteiger charge is -2.19.